The summed E-state index contributed by atoms with van der Waals surface area (Å²) in [4.78, 5) is 10.4. The van der Waals surface area contributed by atoms with E-state index in [-0.39, 0.29) is 10.7 Å². The largest absolute Gasteiger partial charge is 0.467 e. The van der Waals surface area contributed by atoms with Crippen molar-refractivity contribution < 1.29 is 17.8 Å². The SMILES string of the molecule is Cc1ccc(S(=O)(=O)N[C@@](C)(C[N+](=O)[O-])c2ccco2)cc1. The van der Waals surface area contributed by atoms with E-state index < -0.39 is 27.0 Å². The van der Waals surface area contributed by atoms with Gasteiger partial charge in [-0.1, -0.05) is 17.7 Å². The van der Waals surface area contributed by atoms with Crippen LogP contribution < -0.4 is 4.72 Å². The number of rotatable bonds is 6. The monoisotopic (exact) mass is 324 g/mol. The first-order valence-electron chi connectivity index (χ1n) is 6.49. The zero-order valence-electron chi connectivity index (χ0n) is 12.1. The van der Waals surface area contributed by atoms with Crippen LogP contribution in [-0.4, -0.2) is 19.9 Å². The summed E-state index contributed by atoms with van der Waals surface area (Å²) in [5, 5.41) is 10.9. The average molecular weight is 324 g/mol. The van der Waals surface area contributed by atoms with Gasteiger partial charge in [-0.05, 0) is 38.1 Å². The maximum atomic E-state index is 12.5. The maximum absolute atomic E-state index is 12.5. The molecular weight excluding hydrogens is 308 g/mol. The number of hydrogen-bond acceptors (Lipinski definition) is 5. The lowest BCUT2D eigenvalue weighted by Gasteiger charge is -2.24. The van der Waals surface area contributed by atoms with Gasteiger partial charge in [0.1, 0.15) is 5.76 Å². The predicted molar refractivity (Wildman–Crippen MR) is 79.4 cm³/mol. The number of nitrogens with one attached hydrogen (secondary N) is 1. The number of nitro groups is 1. The van der Waals surface area contributed by atoms with Crippen LogP contribution in [0.1, 0.15) is 18.2 Å². The van der Waals surface area contributed by atoms with Crippen molar-refractivity contribution >= 4 is 10.0 Å². The third-order valence-corrected chi connectivity index (χ3v) is 4.81. The number of sulfonamides is 1. The van der Waals surface area contributed by atoms with E-state index >= 15 is 0 Å². The van der Waals surface area contributed by atoms with Gasteiger partial charge in [0.25, 0.3) is 0 Å². The van der Waals surface area contributed by atoms with Crippen LogP contribution in [0.2, 0.25) is 0 Å². The summed E-state index contributed by atoms with van der Waals surface area (Å²) in [6, 6.07) is 9.27. The second-order valence-electron chi connectivity index (χ2n) is 5.22. The van der Waals surface area contributed by atoms with Gasteiger partial charge in [-0.2, -0.15) is 4.72 Å². The van der Waals surface area contributed by atoms with Gasteiger partial charge >= 0.3 is 0 Å². The second-order valence-corrected chi connectivity index (χ2v) is 6.90. The highest BCUT2D eigenvalue weighted by atomic mass is 32.2. The molecule has 1 atom stereocenters. The lowest BCUT2D eigenvalue weighted by atomic mass is 10.0. The summed E-state index contributed by atoms with van der Waals surface area (Å²) >= 11 is 0. The molecule has 8 heteroatoms. The predicted octanol–water partition coefficient (Wildman–Crippen LogP) is 2.06. The smallest absolute Gasteiger partial charge is 0.241 e. The Balaban J connectivity index is 2.38. The molecule has 22 heavy (non-hydrogen) atoms. The lowest BCUT2D eigenvalue weighted by Crippen LogP contribution is -2.48. The molecule has 0 aliphatic heterocycles. The third-order valence-electron chi connectivity index (χ3n) is 3.20. The minimum absolute atomic E-state index is 0.0410. The van der Waals surface area contributed by atoms with Crippen LogP contribution in [0.25, 0.3) is 0 Å². The standard InChI is InChI=1S/C14H16N2O5S/c1-11-5-7-12(8-6-11)22(19,20)15-14(2,10-16(17)18)13-4-3-9-21-13/h3-9,15H,10H2,1-2H3/t14-/m0/s1. The first-order valence-corrected chi connectivity index (χ1v) is 7.98. The highest BCUT2D eigenvalue weighted by molar-refractivity contribution is 7.89. The summed E-state index contributed by atoms with van der Waals surface area (Å²) in [5.74, 6) is 0.180. The van der Waals surface area contributed by atoms with Crippen LogP contribution in [0, 0.1) is 17.0 Å². The molecule has 118 valence electrons. The lowest BCUT2D eigenvalue weighted by molar-refractivity contribution is -0.491. The third kappa shape index (κ3) is 3.52. The molecule has 1 aromatic heterocycles. The van der Waals surface area contributed by atoms with Gasteiger partial charge in [0, 0.05) is 4.92 Å². The number of benzene rings is 1. The van der Waals surface area contributed by atoms with Crippen molar-refractivity contribution in [2.75, 3.05) is 6.54 Å². The fourth-order valence-corrected chi connectivity index (χ4v) is 3.45. The van der Waals surface area contributed by atoms with Crippen LogP contribution in [0.5, 0.6) is 0 Å². The molecule has 1 heterocycles. The average Bonchev–Trinajstić information content (AvgIpc) is 2.91. The first-order chi connectivity index (χ1) is 10.2. The molecule has 0 aliphatic carbocycles. The van der Waals surface area contributed by atoms with Crippen molar-refractivity contribution in [1.82, 2.24) is 4.72 Å². The zero-order valence-corrected chi connectivity index (χ0v) is 13.0. The van der Waals surface area contributed by atoms with Gasteiger partial charge in [-0.3, -0.25) is 10.1 Å². The quantitative estimate of drug-likeness (QED) is 0.647. The van der Waals surface area contributed by atoms with E-state index in [2.05, 4.69) is 4.72 Å². The van der Waals surface area contributed by atoms with E-state index in [0.717, 1.165) is 5.56 Å². The number of hydrogen-bond donors (Lipinski definition) is 1. The van der Waals surface area contributed by atoms with Crippen LogP contribution in [0.4, 0.5) is 0 Å². The molecule has 0 saturated carbocycles. The number of aryl methyl sites for hydroxylation is 1. The van der Waals surface area contributed by atoms with Crippen LogP contribution in [0.15, 0.2) is 52.0 Å². The Morgan fingerprint density at radius 2 is 1.91 bits per heavy atom. The Morgan fingerprint density at radius 1 is 1.27 bits per heavy atom. The van der Waals surface area contributed by atoms with E-state index in [1.165, 1.54) is 31.4 Å². The van der Waals surface area contributed by atoms with Gasteiger partial charge in [0.05, 0.1) is 11.2 Å². The van der Waals surface area contributed by atoms with E-state index in [1.807, 2.05) is 6.92 Å². The molecule has 1 N–H and O–H groups in total. The summed E-state index contributed by atoms with van der Waals surface area (Å²) in [5.41, 5.74) is -0.561. The van der Waals surface area contributed by atoms with Crippen molar-refractivity contribution in [2.45, 2.75) is 24.3 Å². The van der Waals surface area contributed by atoms with Gasteiger partial charge in [-0.25, -0.2) is 8.42 Å². The minimum atomic E-state index is -3.92. The Kier molecular flexibility index (Phi) is 4.34. The Labute approximate surface area is 128 Å². The molecule has 2 rings (SSSR count). The van der Waals surface area contributed by atoms with Crippen LogP contribution in [0.3, 0.4) is 0 Å². The molecular formula is C14H16N2O5S. The fraction of sp³-hybridized carbons (Fsp3) is 0.286. The van der Waals surface area contributed by atoms with Gasteiger partial charge in [0.2, 0.25) is 16.6 Å². The van der Waals surface area contributed by atoms with Crippen molar-refractivity contribution in [3.63, 3.8) is 0 Å². The maximum Gasteiger partial charge on any atom is 0.241 e. The van der Waals surface area contributed by atoms with Gasteiger partial charge < -0.3 is 4.42 Å². The first kappa shape index (κ1) is 16.2. The molecule has 0 aliphatic rings. The molecule has 2 aromatic rings. The van der Waals surface area contributed by atoms with Crippen molar-refractivity contribution in [3.8, 4) is 0 Å². The molecule has 0 bridgehead atoms. The van der Waals surface area contributed by atoms with Crippen molar-refractivity contribution in [1.29, 1.82) is 0 Å². The molecule has 7 nitrogen and oxygen atoms in total. The summed E-state index contributed by atoms with van der Waals surface area (Å²) in [7, 11) is -3.92. The van der Waals surface area contributed by atoms with E-state index in [0.29, 0.717) is 0 Å². The van der Waals surface area contributed by atoms with Gasteiger partial charge in [-0.15, -0.1) is 0 Å². The zero-order chi connectivity index (χ0) is 16.4. The molecule has 0 amide bonds. The van der Waals surface area contributed by atoms with Crippen molar-refractivity contribution in [3.05, 3.63) is 64.1 Å². The Bertz CT molecular complexity index is 753. The summed E-state index contributed by atoms with van der Waals surface area (Å²) in [6.45, 7) is 2.62. The topological polar surface area (TPSA) is 102 Å². The summed E-state index contributed by atoms with van der Waals surface area (Å²) < 4.78 is 32.5. The Morgan fingerprint density at radius 3 is 2.41 bits per heavy atom. The normalized spacial score (nSPS) is 14.5. The minimum Gasteiger partial charge on any atom is -0.467 e. The molecule has 0 radical (unpaired) electrons. The number of nitrogens with zero attached hydrogens (tertiary/aromatic N) is 1. The molecule has 1 aromatic carbocycles. The van der Waals surface area contributed by atoms with E-state index in [4.69, 9.17) is 4.42 Å². The van der Waals surface area contributed by atoms with Crippen LogP contribution >= 0.6 is 0 Å². The fourth-order valence-electron chi connectivity index (χ4n) is 2.08. The molecule has 0 saturated heterocycles. The Hall–Kier alpha value is -2.19. The summed E-state index contributed by atoms with van der Waals surface area (Å²) in [6.07, 6.45) is 1.34. The molecule has 0 spiro atoms. The van der Waals surface area contributed by atoms with E-state index in [9.17, 15) is 18.5 Å². The van der Waals surface area contributed by atoms with E-state index in [1.54, 1.807) is 18.2 Å². The second kappa shape index (κ2) is 5.90. The highest BCUT2D eigenvalue weighted by Crippen LogP contribution is 2.24. The van der Waals surface area contributed by atoms with Crippen molar-refractivity contribution in [2.24, 2.45) is 0 Å². The van der Waals surface area contributed by atoms with Gasteiger partial charge in [0.15, 0.2) is 5.54 Å². The number of furan rings is 1. The molecule has 0 unspecified atom stereocenters. The molecule has 0 fully saturated rings. The van der Waals surface area contributed by atoms with Crippen LogP contribution in [-0.2, 0) is 15.6 Å². The highest BCUT2D eigenvalue weighted by Gasteiger charge is 2.39.